The quantitative estimate of drug-likeness (QED) is 0.751. The molecule has 1 atom stereocenters. The maximum atomic E-state index is 13.7. The van der Waals surface area contributed by atoms with Crippen molar-refractivity contribution in [2.24, 2.45) is 5.73 Å². The van der Waals surface area contributed by atoms with E-state index in [4.69, 9.17) is 5.73 Å². The van der Waals surface area contributed by atoms with Gasteiger partial charge in [0.05, 0.1) is 0 Å². The van der Waals surface area contributed by atoms with E-state index in [2.05, 4.69) is 10.3 Å². The lowest BCUT2D eigenvalue weighted by molar-refractivity contribution is -0.129. The maximum Gasteiger partial charge on any atom is 0.264 e. The minimum absolute atomic E-state index is 0.0631. The van der Waals surface area contributed by atoms with Crippen LogP contribution >= 0.6 is 0 Å². The first-order chi connectivity index (χ1) is 15.4. The van der Waals surface area contributed by atoms with Gasteiger partial charge in [-0.3, -0.25) is 19.4 Å². The van der Waals surface area contributed by atoms with Crippen LogP contribution in [0.3, 0.4) is 0 Å². The molecule has 2 aliphatic rings. The molecule has 1 aromatic heterocycles. The predicted molar refractivity (Wildman–Crippen MR) is 115 cm³/mol. The number of nitrogens with zero attached hydrogens (tertiary/aromatic N) is 3. The Balaban J connectivity index is 1.59. The van der Waals surface area contributed by atoms with Gasteiger partial charge >= 0.3 is 0 Å². The van der Waals surface area contributed by atoms with Crippen molar-refractivity contribution < 1.29 is 18.8 Å². The second-order valence-corrected chi connectivity index (χ2v) is 8.24. The normalized spacial score (nSPS) is 23.1. The summed E-state index contributed by atoms with van der Waals surface area (Å²) in [5, 5.41) is 3.00. The van der Waals surface area contributed by atoms with Crippen LogP contribution < -0.4 is 11.1 Å². The summed E-state index contributed by atoms with van der Waals surface area (Å²) < 4.78 is 13.7. The van der Waals surface area contributed by atoms with Gasteiger partial charge in [0, 0.05) is 48.7 Å². The Morgan fingerprint density at radius 1 is 0.938 bits per heavy atom. The van der Waals surface area contributed by atoms with Gasteiger partial charge in [0.25, 0.3) is 17.7 Å². The van der Waals surface area contributed by atoms with Gasteiger partial charge in [0.2, 0.25) is 0 Å². The zero-order chi connectivity index (χ0) is 22.7. The number of carbonyl (C=O) groups excluding carboxylic acids is 3. The predicted octanol–water partition coefficient (Wildman–Crippen LogP) is 1.53. The Hall–Kier alpha value is -3.33. The van der Waals surface area contributed by atoms with Crippen LogP contribution in [-0.2, 0) is 4.79 Å². The number of benzene rings is 1. The molecule has 3 amide bonds. The molecule has 0 spiro atoms. The standard InChI is InChI=1S/C23H26FN5O3/c24-17-3-1-2-16(14-17)23(32)29-13-12-28(22(31)15-8-10-26-11-9-15)21(29)20(30)27-19-6-4-18(25)5-7-19/h1-3,8-11,14,18-19,21H,4-7,12-13,25H2,(H,27,30). The average Bonchev–Trinajstić information content (AvgIpc) is 3.25. The van der Waals surface area contributed by atoms with Crippen molar-refractivity contribution >= 4 is 17.7 Å². The highest BCUT2D eigenvalue weighted by molar-refractivity contribution is 6.02. The molecule has 8 nitrogen and oxygen atoms in total. The first-order valence-corrected chi connectivity index (χ1v) is 10.8. The van der Waals surface area contributed by atoms with Crippen LogP contribution in [-0.4, -0.2) is 63.8 Å². The molecule has 2 fully saturated rings. The van der Waals surface area contributed by atoms with Crippen LogP contribution in [0.5, 0.6) is 0 Å². The Labute approximate surface area is 185 Å². The Morgan fingerprint density at radius 2 is 1.56 bits per heavy atom. The van der Waals surface area contributed by atoms with Crippen LogP contribution in [0.15, 0.2) is 48.8 Å². The maximum absolute atomic E-state index is 13.7. The second-order valence-electron chi connectivity index (χ2n) is 8.24. The first-order valence-electron chi connectivity index (χ1n) is 10.8. The second kappa shape index (κ2) is 9.44. The van der Waals surface area contributed by atoms with Gasteiger partial charge in [0.15, 0.2) is 6.17 Å². The monoisotopic (exact) mass is 439 g/mol. The fourth-order valence-electron chi connectivity index (χ4n) is 4.32. The fraction of sp³-hybridized carbons (Fsp3) is 0.391. The summed E-state index contributed by atoms with van der Waals surface area (Å²) in [6.07, 6.45) is 4.98. The molecular formula is C23H26FN5O3. The van der Waals surface area contributed by atoms with Crippen molar-refractivity contribution in [1.29, 1.82) is 0 Å². The van der Waals surface area contributed by atoms with E-state index in [1.165, 1.54) is 40.4 Å². The molecule has 1 saturated heterocycles. The van der Waals surface area contributed by atoms with Crippen molar-refractivity contribution in [1.82, 2.24) is 20.1 Å². The third kappa shape index (κ3) is 4.62. The van der Waals surface area contributed by atoms with Crippen molar-refractivity contribution in [3.05, 3.63) is 65.7 Å². The van der Waals surface area contributed by atoms with E-state index in [-0.39, 0.29) is 36.6 Å². The summed E-state index contributed by atoms with van der Waals surface area (Å²) >= 11 is 0. The molecule has 9 heteroatoms. The van der Waals surface area contributed by atoms with Crippen molar-refractivity contribution in [3.63, 3.8) is 0 Å². The molecule has 0 bridgehead atoms. The molecule has 168 valence electrons. The number of amides is 3. The number of nitrogens with two attached hydrogens (primary N) is 1. The van der Waals surface area contributed by atoms with Gasteiger partial charge in [-0.2, -0.15) is 0 Å². The molecule has 1 aromatic carbocycles. The van der Waals surface area contributed by atoms with Crippen LogP contribution in [0.4, 0.5) is 4.39 Å². The molecule has 32 heavy (non-hydrogen) atoms. The molecule has 1 saturated carbocycles. The fourth-order valence-corrected chi connectivity index (χ4v) is 4.32. The minimum Gasteiger partial charge on any atom is -0.350 e. The number of rotatable bonds is 4. The number of nitrogens with one attached hydrogen (secondary N) is 1. The molecule has 2 heterocycles. The van der Waals surface area contributed by atoms with Crippen molar-refractivity contribution in [2.45, 2.75) is 43.9 Å². The zero-order valence-corrected chi connectivity index (χ0v) is 17.6. The molecule has 1 unspecified atom stereocenters. The highest BCUT2D eigenvalue weighted by atomic mass is 19.1. The lowest BCUT2D eigenvalue weighted by Crippen LogP contribution is -2.56. The SMILES string of the molecule is NC1CCC(NC(=O)C2N(C(=O)c3ccncc3)CCN2C(=O)c2cccc(F)c2)CC1. The summed E-state index contributed by atoms with van der Waals surface area (Å²) in [7, 11) is 0. The van der Waals surface area contributed by atoms with Crippen molar-refractivity contribution in [2.75, 3.05) is 13.1 Å². The lowest BCUT2D eigenvalue weighted by atomic mass is 9.92. The van der Waals surface area contributed by atoms with E-state index in [0.29, 0.717) is 5.56 Å². The number of hydrogen-bond acceptors (Lipinski definition) is 5. The summed E-state index contributed by atoms with van der Waals surface area (Å²) in [4.78, 5) is 46.3. The van der Waals surface area contributed by atoms with E-state index in [0.717, 1.165) is 31.7 Å². The molecule has 0 radical (unpaired) electrons. The Bertz CT molecular complexity index is 994. The van der Waals surface area contributed by atoms with E-state index >= 15 is 0 Å². The highest BCUT2D eigenvalue weighted by Crippen LogP contribution is 2.23. The number of aromatic nitrogens is 1. The third-order valence-corrected chi connectivity index (χ3v) is 6.05. The van der Waals surface area contributed by atoms with E-state index in [9.17, 15) is 18.8 Å². The summed E-state index contributed by atoms with van der Waals surface area (Å²) in [6, 6.07) is 8.52. The van der Waals surface area contributed by atoms with E-state index in [1.54, 1.807) is 12.1 Å². The molecule has 1 aliphatic carbocycles. The highest BCUT2D eigenvalue weighted by Gasteiger charge is 2.43. The van der Waals surface area contributed by atoms with E-state index in [1.807, 2.05) is 0 Å². The van der Waals surface area contributed by atoms with Gasteiger partial charge in [-0.05, 0) is 56.0 Å². The van der Waals surface area contributed by atoms with Gasteiger partial charge in [-0.15, -0.1) is 0 Å². The average molecular weight is 439 g/mol. The summed E-state index contributed by atoms with van der Waals surface area (Å²) in [5.41, 5.74) is 6.47. The smallest absolute Gasteiger partial charge is 0.264 e. The van der Waals surface area contributed by atoms with Crippen LogP contribution in [0, 0.1) is 5.82 Å². The lowest BCUT2D eigenvalue weighted by Gasteiger charge is -2.32. The van der Waals surface area contributed by atoms with Gasteiger partial charge < -0.3 is 20.9 Å². The van der Waals surface area contributed by atoms with Gasteiger partial charge in [-0.1, -0.05) is 6.07 Å². The third-order valence-electron chi connectivity index (χ3n) is 6.05. The molecular weight excluding hydrogens is 413 g/mol. The molecule has 2 aromatic rings. The molecule has 4 rings (SSSR count). The van der Waals surface area contributed by atoms with Crippen LogP contribution in [0.2, 0.25) is 0 Å². The zero-order valence-electron chi connectivity index (χ0n) is 17.6. The first kappa shape index (κ1) is 21.9. The van der Waals surface area contributed by atoms with Crippen molar-refractivity contribution in [3.8, 4) is 0 Å². The summed E-state index contributed by atoms with van der Waals surface area (Å²) in [5.74, 6) is -1.83. The summed E-state index contributed by atoms with van der Waals surface area (Å²) in [6.45, 7) is 0.357. The van der Waals surface area contributed by atoms with Gasteiger partial charge in [0.1, 0.15) is 5.82 Å². The van der Waals surface area contributed by atoms with Crippen LogP contribution in [0.25, 0.3) is 0 Å². The number of halogens is 1. The van der Waals surface area contributed by atoms with Gasteiger partial charge in [-0.25, -0.2) is 4.39 Å². The Morgan fingerprint density at radius 3 is 2.19 bits per heavy atom. The van der Waals surface area contributed by atoms with Crippen LogP contribution in [0.1, 0.15) is 46.4 Å². The largest absolute Gasteiger partial charge is 0.350 e. The molecule has 3 N–H and O–H groups in total. The van der Waals surface area contributed by atoms with E-state index < -0.39 is 23.8 Å². The Kier molecular flexibility index (Phi) is 6.45. The number of pyridine rings is 1. The topological polar surface area (TPSA) is 109 Å². The number of hydrogen-bond donors (Lipinski definition) is 2. The number of carbonyl (C=O) groups is 3. The molecule has 1 aliphatic heterocycles. The minimum atomic E-state index is -1.12.